The summed E-state index contributed by atoms with van der Waals surface area (Å²) in [6.07, 6.45) is 1.77. The highest BCUT2D eigenvalue weighted by atomic mass is 35.5. The second-order valence-electron chi connectivity index (χ2n) is 6.47. The Labute approximate surface area is 167 Å². The largest absolute Gasteiger partial charge is 0.338 e. The zero-order valence-electron chi connectivity index (χ0n) is 15.7. The van der Waals surface area contributed by atoms with Crippen LogP contribution in [0.2, 0.25) is 5.02 Å². The van der Waals surface area contributed by atoms with E-state index in [-0.39, 0.29) is 11.2 Å². The molecule has 0 fully saturated rings. The summed E-state index contributed by atoms with van der Waals surface area (Å²) in [5, 5.41) is 19.0. The van der Waals surface area contributed by atoms with Crippen molar-refractivity contribution in [2.24, 2.45) is 0 Å². The molecule has 28 heavy (non-hydrogen) atoms. The van der Waals surface area contributed by atoms with Crippen molar-refractivity contribution in [1.82, 2.24) is 15.5 Å². The van der Waals surface area contributed by atoms with Crippen LogP contribution in [0.25, 0.3) is 11.4 Å². The molecule has 2 aromatic carbocycles. The minimum atomic E-state index is -0.443. The van der Waals surface area contributed by atoms with Crippen LogP contribution in [-0.2, 0) is 12.1 Å². The van der Waals surface area contributed by atoms with Gasteiger partial charge in [0.25, 0.3) is 5.69 Å². The third-order valence-electron chi connectivity index (χ3n) is 4.99. The van der Waals surface area contributed by atoms with E-state index < -0.39 is 4.92 Å². The molecule has 0 atom stereocenters. The molecule has 0 aliphatic heterocycles. The average molecular weight is 401 g/mol. The van der Waals surface area contributed by atoms with Gasteiger partial charge in [-0.1, -0.05) is 42.7 Å². The summed E-state index contributed by atoms with van der Waals surface area (Å²) in [4.78, 5) is 14.7. The van der Waals surface area contributed by atoms with E-state index in [1.165, 1.54) is 12.1 Å². The first-order valence-corrected chi connectivity index (χ1v) is 9.43. The summed E-state index contributed by atoms with van der Waals surface area (Å²) in [6.45, 7) is 4.66. The molecule has 0 aliphatic carbocycles. The van der Waals surface area contributed by atoms with Gasteiger partial charge >= 0.3 is 0 Å². The van der Waals surface area contributed by atoms with Gasteiger partial charge in [0.1, 0.15) is 0 Å². The number of rotatable bonds is 8. The summed E-state index contributed by atoms with van der Waals surface area (Å²) < 4.78 is 5.36. The van der Waals surface area contributed by atoms with Gasteiger partial charge in [0, 0.05) is 28.3 Å². The number of nitrogens with one attached hydrogen (secondary N) is 1. The molecule has 0 unspecified atom stereocenters. The van der Waals surface area contributed by atoms with E-state index in [1.54, 1.807) is 12.1 Å². The van der Waals surface area contributed by atoms with Crippen molar-refractivity contribution in [2.45, 2.75) is 38.8 Å². The molecule has 3 aromatic rings. The summed E-state index contributed by atoms with van der Waals surface area (Å²) in [7, 11) is 0. The normalized spacial score (nSPS) is 11.5. The molecule has 7 nitrogen and oxygen atoms in total. The van der Waals surface area contributed by atoms with Crippen LogP contribution in [-0.4, -0.2) is 15.1 Å². The molecular formula is C20H21ClN4O3. The fraction of sp³-hybridized carbons (Fsp3) is 0.300. The Hall–Kier alpha value is -2.77. The molecule has 0 aliphatic rings. The number of nitrogens with zero attached hydrogens (tertiary/aromatic N) is 3. The topological polar surface area (TPSA) is 94.1 Å². The molecule has 0 saturated carbocycles. The average Bonchev–Trinajstić information content (AvgIpc) is 3.19. The van der Waals surface area contributed by atoms with Gasteiger partial charge in [0.05, 0.1) is 11.5 Å². The number of hydrogen-bond donors (Lipinski definition) is 1. The maximum absolute atomic E-state index is 10.8. The standard InChI is InChI=1S/C20H21ClN4O3/c1-3-20(4-2,15-7-9-16(21)10-8-15)22-13-18-23-19(24-28-18)14-5-11-17(12-6-14)25(26)27/h5-12,22H,3-4,13H2,1-2H3. The van der Waals surface area contributed by atoms with Crippen molar-refractivity contribution < 1.29 is 9.45 Å². The molecule has 3 rings (SSSR count). The quantitative estimate of drug-likeness (QED) is 0.417. The Balaban J connectivity index is 1.74. The molecule has 0 bridgehead atoms. The SMILES string of the molecule is CCC(CC)(NCc1nc(-c2ccc([N+](=O)[O-])cc2)no1)c1ccc(Cl)cc1. The van der Waals surface area contributed by atoms with Gasteiger partial charge < -0.3 is 4.52 Å². The van der Waals surface area contributed by atoms with E-state index in [1.807, 2.05) is 24.3 Å². The maximum Gasteiger partial charge on any atom is 0.269 e. The van der Waals surface area contributed by atoms with E-state index in [0.717, 1.165) is 18.4 Å². The van der Waals surface area contributed by atoms with Crippen molar-refractivity contribution in [3.8, 4) is 11.4 Å². The number of aromatic nitrogens is 2. The number of non-ortho nitro benzene ring substituents is 1. The van der Waals surface area contributed by atoms with E-state index in [2.05, 4.69) is 29.3 Å². The zero-order valence-corrected chi connectivity index (χ0v) is 16.4. The lowest BCUT2D eigenvalue weighted by Crippen LogP contribution is -2.41. The molecule has 0 saturated heterocycles. The molecule has 8 heteroatoms. The first-order chi connectivity index (χ1) is 13.5. The predicted molar refractivity (Wildman–Crippen MR) is 107 cm³/mol. The first-order valence-electron chi connectivity index (χ1n) is 9.06. The summed E-state index contributed by atoms with van der Waals surface area (Å²) in [5.41, 5.74) is 1.60. The van der Waals surface area contributed by atoms with Gasteiger partial charge in [-0.25, -0.2) is 0 Å². The Morgan fingerprint density at radius 2 is 1.75 bits per heavy atom. The minimum Gasteiger partial charge on any atom is -0.338 e. The van der Waals surface area contributed by atoms with Crippen LogP contribution < -0.4 is 5.32 Å². The number of hydrogen-bond acceptors (Lipinski definition) is 6. The molecule has 0 radical (unpaired) electrons. The highest BCUT2D eigenvalue weighted by Crippen LogP contribution is 2.30. The van der Waals surface area contributed by atoms with Crippen molar-refractivity contribution >= 4 is 17.3 Å². The van der Waals surface area contributed by atoms with Crippen LogP contribution in [0.1, 0.15) is 38.1 Å². The van der Waals surface area contributed by atoms with Gasteiger partial charge in [0.2, 0.25) is 11.7 Å². The Morgan fingerprint density at radius 1 is 1.11 bits per heavy atom. The molecule has 0 amide bonds. The monoisotopic (exact) mass is 400 g/mol. The first kappa shape index (κ1) is 20.0. The van der Waals surface area contributed by atoms with Crippen LogP contribution in [0.15, 0.2) is 53.1 Å². The molecule has 1 heterocycles. The van der Waals surface area contributed by atoms with Crippen LogP contribution in [0.3, 0.4) is 0 Å². The minimum absolute atomic E-state index is 0.0211. The highest BCUT2D eigenvalue weighted by molar-refractivity contribution is 6.30. The maximum atomic E-state index is 10.8. The third kappa shape index (κ3) is 4.21. The lowest BCUT2D eigenvalue weighted by Gasteiger charge is -2.33. The molecule has 1 N–H and O–H groups in total. The second-order valence-corrected chi connectivity index (χ2v) is 6.90. The Bertz CT molecular complexity index is 935. The zero-order chi connectivity index (χ0) is 20.1. The second kappa shape index (κ2) is 8.50. The van der Waals surface area contributed by atoms with Gasteiger partial charge in [-0.2, -0.15) is 4.98 Å². The summed E-state index contributed by atoms with van der Waals surface area (Å²) in [5.74, 6) is 0.852. The van der Waals surface area contributed by atoms with Gasteiger partial charge in [0.15, 0.2) is 0 Å². The van der Waals surface area contributed by atoms with Crippen molar-refractivity contribution in [3.05, 3.63) is 75.1 Å². The van der Waals surface area contributed by atoms with Crippen molar-refractivity contribution in [1.29, 1.82) is 0 Å². The fourth-order valence-corrected chi connectivity index (χ4v) is 3.33. The summed E-state index contributed by atoms with van der Waals surface area (Å²) in [6, 6.07) is 13.9. The van der Waals surface area contributed by atoms with Crippen LogP contribution in [0.5, 0.6) is 0 Å². The number of nitro groups is 1. The van der Waals surface area contributed by atoms with Gasteiger partial charge in [-0.15, -0.1) is 0 Å². The van der Waals surface area contributed by atoms with E-state index >= 15 is 0 Å². The number of halogens is 1. The number of benzene rings is 2. The lowest BCUT2D eigenvalue weighted by molar-refractivity contribution is -0.384. The predicted octanol–water partition coefficient (Wildman–Crippen LogP) is 5.10. The van der Waals surface area contributed by atoms with E-state index in [9.17, 15) is 10.1 Å². The molecule has 0 spiro atoms. The van der Waals surface area contributed by atoms with Crippen molar-refractivity contribution in [2.75, 3.05) is 0 Å². The molecule has 1 aromatic heterocycles. The molecule has 146 valence electrons. The van der Waals surface area contributed by atoms with Crippen LogP contribution in [0, 0.1) is 10.1 Å². The van der Waals surface area contributed by atoms with Gasteiger partial charge in [-0.05, 0) is 42.7 Å². The van der Waals surface area contributed by atoms with Crippen LogP contribution in [0.4, 0.5) is 5.69 Å². The van der Waals surface area contributed by atoms with Crippen molar-refractivity contribution in [3.63, 3.8) is 0 Å². The molecular weight excluding hydrogens is 380 g/mol. The highest BCUT2D eigenvalue weighted by Gasteiger charge is 2.28. The Morgan fingerprint density at radius 3 is 2.32 bits per heavy atom. The lowest BCUT2D eigenvalue weighted by atomic mass is 9.84. The van der Waals surface area contributed by atoms with Gasteiger partial charge in [-0.3, -0.25) is 15.4 Å². The number of nitro benzene ring substituents is 1. The Kier molecular flexibility index (Phi) is 6.06. The van der Waals surface area contributed by atoms with Crippen LogP contribution >= 0.6 is 11.6 Å². The smallest absolute Gasteiger partial charge is 0.269 e. The van der Waals surface area contributed by atoms with E-state index in [4.69, 9.17) is 16.1 Å². The fourth-order valence-electron chi connectivity index (χ4n) is 3.20. The third-order valence-corrected chi connectivity index (χ3v) is 5.24. The summed E-state index contributed by atoms with van der Waals surface area (Å²) >= 11 is 6.02. The van der Waals surface area contributed by atoms with E-state index in [0.29, 0.717) is 28.8 Å².